The van der Waals surface area contributed by atoms with Gasteiger partial charge >= 0.3 is 17.9 Å². The number of carbonyl (C=O) groups excluding carboxylic acids is 6. The van der Waals surface area contributed by atoms with Crippen molar-refractivity contribution in [3.63, 3.8) is 0 Å². The van der Waals surface area contributed by atoms with Crippen LogP contribution in [0.5, 0.6) is 0 Å². The first-order valence-electron chi connectivity index (χ1n) is 43.5. The van der Waals surface area contributed by atoms with E-state index in [2.05, 4.69) is 62.3 Å². The maximum absolute atomic E-state index is 13.9. The van der Waals surface area contributed by atoms with E-state index in [4.69, 9.17) is 40.5 Å². The number of hydrogen-bond donors (Lipinski definition) is 3. The van der Waals surface area contributed by atoms with Gasteiger partial charge in [-0.25, -0.2) is 54.8 Å². The van der Waals surface area contributed by atoms with Gasteiger partial charge in [-0.2, -0.15) is 15.3 Å². The molecule has 6 amide bonds. The molecule has 9 aliphatic rings. The molecular weight excluding hydrogens is 1590 g/mol. The van der Waals surface area contributed by atoms with E-state index >= 15 is 0 Å². The molecule has 3 aliphatic heterocycles. The Morgan fingerprint density at radius 2 is 0.582 bits per heavy atom. The van der Waals surface area contributed by atoms with Crippen LogP contribution in [0.25, 0.3) is 16.9 Å². The summed E-state index contributed by atoms with van der Waals surface area (Å²) in [4.78, 5) is 139. The Morgan fingerprint density at radius 1 is 0.344 bits per heavy atom. The number of halogens is 6. The van der Waals surface area contributed by atoms with E-state index in [1.165, 1.54) is 0 Å². The summed E-state index contributed by atoms with van der Waals surface area (Å²) in [7, 11) is 0. The third-order valence-electron chi connectivity index (χ3n) is 27.3. The topological polar surface area (TPSA) is 324 Å². The molecule has 9 heterocycles. The van der Waals surface area contributed by atoms with Crippen LogP contribution in [0, 0.1) is 35.5 Å². The first kappa shape index (κ1) is 90.4. The second-order valence-corrected chi connectivity index (χ2v) is 41.2. The molecule has 0 aromatic carbocycles. The monoisotopic (exact) mass is 1710 g/mol. The molecule has 27 nitrogen and oxygen atoms in total. The van der Waals surface area contributed by atoms with Crippen molar-refractivity contribution in [1.82, 2.24) is 73.2 Å². The second-order valence-electron chi connectivity index (χ2n) is 41.2. The standard InChI is InChI=1S/C31H43F2N5O4.2C29H39F2N5O4/c1-29(2,3)22-16-23(19-10-12-31(32,33)13-11-19)35-38-17-24(34-25(22)38)27(40)37-15-14-36(18-30(37,4)5)26(39)20-6-8-21(9-7-20)28(41)42;2*1-27(2,3)20-14-21(17-6-8-29(30,31)9-7-17)33-36-15-22(32-23(20)36)25(38)35-11-10-34(16-28(35,4)5)24(37)18-12-19(13-18)26(39)40/h16-17,19-21H,6-15,18H2,1-5H3,(H,41,42);2*14-15,17-19H,6-13,16H2,1-5H3,(H,39,40). The molecule has 122 heavy (non-hydrogen) atoms. The summed E-state index contributed by atoms with van der Waals surface area (Å²) in [5.74, 6) is -13.4. The van der Waals surface area contributed by atoms with E-state index < -0.39 is 64.1 Å². The van der Waals surface area contributed by atoms with Crippen LogP contribution >= 0.6 is 0 Å². The summed E-state index contributed by atoms with van der Waals surface area (Å²) in [6.45, 7) is 33.3. The number of hydrogen-bond acceptors (Lipinski definition) is 15. The van der Waals surface area contributed by atoms with Gasteiger partial charge in [0.05, 0.1) is 70.0 Å². The van der Waals surface area contributed by atoms with Crippen LogP contribution in [0.2, 0.25) is 0 Å². The summed E-state index contributed by atoms with van der Waals surface area (Å²) in [6, 6.07) is 5.91. The molecule has 0 unspecified atom stereocenters. The SMILES string of the molecule is CC(C)(C)c1cc(C2CCC(F)(F)CC2)nn2cc(C(=O)N3CCN(C(=O)C4CC(C(=O)O)C4)CC3(C)C)nc12.CC(C)(C)c1cc(C2CCC(F)(F)CC2)nn2cc(C(=O)N3CCN(C(=O)C4CC(C(=O)O)C4)CC3(C)C)nc12.CC(C)(C)c1cc(C2CCC(F)(F)CC2)nn2cc(C(=O)N3CCN(C(=O)C4CCC(C(=O)O)CC4)CC3(C)C)nc12. The van der Waals surface area contributed by atoms with Crippen LogP contribution in [-0.4, -0.2) is 235 Å². The van der Waals surface area contributed by atoms with Crippen LogP contribution in [0.1, 0.15) is 315 Å². The lowest BCUT2D eigenvalue weighted by molar-refractivity contribution is -0.154. The zero-order valence-electron chi connectivity index (χ0n) is 73.2. The average molecular weight is 1710 g/mol. The van der Waals surface area contributed by atoms with E-state index in [-0.39, 0.29) is 149 Å². The predicted molar refractivity (Wildman–Crippen MR) is 439 cm³/mol. The summed E-state index contributed by atoms with van der Waals surface area (Å²) in [6.07, 6.45) is 9.82. The lowest BCUT2D eigenvalue weighted by atomic mass is 9.74. The van der Waals surface area contributed by atoms with Gasteiger partial charge in [0, 0.05) is 150 Å². The van der Waals surface area contributed by atoms with Crippen LogP contribution in [0.4, 0.5) is 26.3 Å². The van der Waals surface area contributed by atoms with Crippen LogP contribution in [0.3, 0.4) is 0 Å². The number of carboxylic acid groups (broad SMARTS) is 3. The quantitative estimate of drug-likeness (QED) is 0.0958. The van der Waals surface area contributed by atoms with E-state index in [0.717, 1.165) is 33.8 Å². The molecule has 33 heteroatoms. The number of carbonyl (C=O) groups is 9. The van der Waals surface area contributed by atoms with E-state index in [1.807, 2.05) is 64.6 Å². The van der Waals surface area contributed by atoms with Gasteiger partial charge in [0.2, 0.25) is 35.5 Å². The highest BCUT2D eigenvalue weighted by Gasteiger charge is 2.50. The minimum atomic E-state index is -2.62. The molecule has 15 rings (SSSR count). The number of rotatable bonds is 12. The van der Waals surface area contributed by atoms with Crippen molar-refractivity contribution in [3.05, 3.63) is 87.6 Å². The lowest BCUT2D eigenvalue weighted by Gasteiger charge is -2.48. The van der Waals surface area contributed by atoms with Gasteiger partial charge in [0.1, 0.15) is 17.1 Å². The Morgan fingerprint density at radius 3 is 0.811 bits per heavy atom. The fourth-order valence-corrected chi connectivity index (χ4v) is 19.5. The summed E-state index contributed by atoms with van der Waals surface area (Å²) in [5.41, 5.74) is 4.59. The smallest absolute Gasteiger partial charge is 0.306 e. The van der Waals surface area contributed by atoms with Crippen molar-refractivity contribution in [2.45, 2.75) is 301 Å². The average Bonchev–Trinajstić information content (AvgIpc) is 1.58. The summed E-state index contributed by atoms with van der Waals surface area (Å²) < 4.78 is 87.7. The number of aromatic nitrogens is 9. The number of piperazine rings is 3. The molecule has 0 atom stereocenters. The van der Waals surface area contributed by atoms with E-state index in [9.17, 15) is 74.6 Å². The highest BCUT2D eigenvalue weighted by Crippen LogP contribution is 2.47. The van der Waals surface area contributed by atoms with Gasteiger partial charge in [0.15, 0.2) is 16.9 Å². The Bertz CT molecular complexity index is 4800. The molecule has 3 N–H and O–H groups in total. The van der Waals surface area contributed by atoms with Gasteiger partial charge in [-0.3, -0.25) is 43.2 Å². The van der Waals surface area contributed by atoms with E-state index in [1.54, 1.807) is 56.6 Å². The predicted octanol–water partition coefficient (Wildman–Crippen LogP) is 14.3. The number of fused-ring (bicyclic) bond motifs is 3. The van der Waals surface area contributed by atoms with Gasteiger partial charge in [-0.05, 0) is 166 Å². The fraction of sp³-hybridized carbons (Fsp3) is 0.697. The lowest BCUT2D eigenvalue weighted by Crippen LogP contribution is -2.63. The fourth-order valence-electron chi connectivity index (χ4n) is 19.5. The first-order chi connectivity index (χ1) is 56.7. The van der Waals surface area contributed by atoms with Crippen LogP contribution in [0.15, 0.2) is 36.8 Å². The molecule has 0 spiro atoms. The molecule has 3 saturated heterocycles. The molecular formula is C89H121F6N15O12. The first-order valence-corrected chi connectivity index (χ1v) is 43.5. The van der Waals surface area contributed by atoms with Crippen molar-refractivity contribution >= 4 is 70.3 Å². The number of aliphatic carboxylic acids is 3. The molecule has 6 aliphatic carbocycles. The zero-order chi connectivity index (χ0) is 89.0. The third-order valence-corrected chi connectivity index (χ3v) is 27.3. The number of amides is 6. The molecule has 0 radical (unpaired) electrons. The van der Waals surface area contributed by atoms with Crippen molar-refractivity contribution in [2.75, 3.05) is 58.9 Å². The number of nitrogens with zero attached hydrogens (tertiary/aromatic N) is 15. The highest BCUT2D eigenvalue weighted by molar-refractivity contribution is 5.96. The largest absolute Gasteiger partial charge is 0.481 e. The van der Waals surface area contributed by atoms with Crippen LogP contribution < -0.4 is 0 Å². The van der Waals surface area contributed by atoms with Crippen molar-refractivity contribution in [1.29, 1.82) is 0 Å². The molecule has 9 fully saturated rings. The van der Waals surface area contributed by atoms with Crippen molar-refractivity contribution in [2.24, 2.45) is 35.5 Å². The maximum Gasteiger partial charge on any atom is 0.306 e. The maximum atomic E-state index is 13.9. The number of carboxylic acids is 3. The second kappa shape index (κ2) is 33.3. The molecule has 6 saturated carbocycles. The molecule has 6 aromatic rings. The number of imidazole rings is 3. The van der Waals surface area contributed by atoms with Gasteiger partial charge in [-0.15, -0.1) is 0 Å². The third kappa shape index (κ3) is 19.3. The van der Waals surface area contributed by atoms with Gasteiger partial charge in [-0.1, -0.05) is 62.3 Å². The summed E-state index contributed by atoms with van der Waals surface area (Å²) in [5, 5.41) is 41.8. The Hall–Kier alpha value is -9.33. The molecule has 6 aromatic heterocycles. The number of alkyl halides is 6. The minimum absolute atomic E-state index is 0.0405. The summed E-state index contributed by atoms with van der Waals surface area (Å²) >= 11 is 0. The van der Waals surface area contributed by atoms with Gasteiger partial charge in [0.25, 0.3) is 17.7 Å². The van der Waals surface area contributed by atoms with Gasteiger partial charge < -0.3 is 44.7 Å². The zero-order valence-corrected chi connectivity index (χ0v) is 73.2. The molecule has 0 bridgehead atoms. The van der Waals surface area contributed by atoms with Crippen molar-refractivity contribution in [3.8, 4) is 0 Å². The van der Waals surface area contributed by atoms with Crippen molar-refractivity contribution < 1.29 is 84.8 Å². The Kier molecular flexibility index (Phi) is 24.7. The van der Waals surface area contributed by atoms with E-state index in [0.29, 0.717) is 166 Å². The normalized spacial score (nSPS) is 25.1. The highest BCUT2D eigenvalue weighted by atomic mass is 19.3. The van der Waals surface area contributed by atoms with Crippen LogP contribution in [-0.2, 0) is 45.0 Å². The Balaban J connectivity index is 0.000000158. The molecule has 666 valence electrons. The minimum Gasteiger partial charge on any atom is -0.481 e. The Labute approximate surface area is 707 Å².